The molecule has 0 aliphatic rings. The van der Waals surface area contributed by atoms with E-state index in [4.69, 9.17) is 9.26 Å². The van der Waals surface area contributed by atoms with Crippen LogP contribution in [0.5, 0.6) is 5.75 Å². The third-order valence-corrected chi connectivity index (χ3v) is 2.98. The van der Waals surface area contributed by atoms with E-state index in [0.717, 1.165) is 5.56 Å². The summed E-state index contributed by atoms with van der Waals surface area (Å²) in [5.74, 6) is 1.26. The number of anilines is 1. The number of aromatic nitrogens is 6. The van der Waals surface area contributed by atoms with Crippen LogP contribution in [0.1, 0.15) is 12.3 Å². The molecule has 2 N–H and O–H groups in total. The van der Waals surface area contributed by atoms with E-state index in [1.807, 2.05) is 24.3 Å². The van der Waals surface area contributed by atoms with E-state index in [9.17, 15) is 4.79 Å². The number of tetrazole rings is 1. The maximum atomic E-state index is 11.7. The lowest BCUT2D eigenvalue weighted by Gasteiger charge is -2.03. The number of ether oxygens (including phenoxy) is 1. The van der Waals surface area contributed by atoms with Crippen molar-refractivity contribution in [1.29, 1.82) is 0 Å². The van der Waals surface area contributed by atoms with Crippen LogP contribution < -0.4 is 10.1 Å². The van der Waals surface area contributed by atoms with Crippen molar-refractivity contribution in [1.82, 2.24) is 30.8 Å². The first kappa shape index (κ1) is 14.6. The summed E-state index contributed by atoms with van der Waals surface area (Å²) in [6.45, 7) is 0. The Bertz CT molecular complexity index is 784. The Kier molecular flexibility index (Phi) is 4.22. The third kappa shape index (κ3) is 3.48. The van der Waals surface area contributed by atoms with Crippen molar-refractivity contribution < 1.29 is 14.1 Å². The number of methoxy groups -OCH3 is 1. The van der Waals surface area contributed by atoms with E-state index in [1.165, 1.54) is 0 Å². The monoisotopic (exact) mass is 315 g/mol. The number of hydrogen-bond acceptors (Lipinski definition) is 8. The summed E-state index contributed by atoms with van der Waals surface area (Å²) in [4.78, 5) is 16.0. The summed E-state index contributed by atoms with van der Waals surface area (Å²) in [6, 6.07) is 7.35. The fraction of sp³-hybridized carbons (Fsp3) is 0.231. The molecule has 2 heterocycles. The summed E-state index contributed by atoms with van der Waals surface area (Å²) in [5, 5.41) is 19.2. The number of H-pyrrole nitrogens is 1. The summed E-state index contributed by atoms with van der Waals surface area (Å²) in [6.07, 6.45) is 0.452. The third-order valence-electron chi connectivity index (χ3n) is 2.98. The highest BCUT2D eigenvalue weighted by Gasteiger charge is 2.14. The van der Waals surface area contributed by atoms with Crippen molar-refractivity contribution in [3.05, 3.63) is 30.2 Å². The van der Waals surface area contributed by atoms with Crippen LogP contribution in [0.15, 0.2) is 28.8 Å². The molecule has 10 nitrogen and oxygen atoms in total. The van der Waals surface area contributed by atoms with Gasteiger partial charge in [0.15, 0.2) is 0 Å². The van der Waals surface area contributed by atoms with Crippen molar-refractivity contribution in [2.75, 3.05) is 12.4 Å². The summed E-state index contributed by atoms with van der Waals surface area (Å²) < 4.78 is 10.4. The van der Waals surface area contributed by atoms with Crippen molar-refractivity contribution in [2.45, 2.75) is 12.8 Å². The number of carbonyl (C=O) groups is 1. The smallest absolute Gasteiger partial charge is 0.269 e. The van der Waals surface area contributed by atoms with Gasteiger partial charge in [-0.1, -0.05) is 22.4 Å². The Hall–Kier alpha value is -3.30. The van der Waals surface area contributed by atoms with Gasteiger partial charge in [-0.3, -0.25) is 10.1 Å². The Balaban J connectivity index is 1.62. The number of carbonyl (C=O) groups excluding carboxylic acids is 1. The minimum absolute atomic E-state index is 0.121. The highest BCUT2D eigenvalue weighted by molar-refractivity contribution is 5.88. The van der Waals surface area contributed by atoms with Crippen LogP contribution in [-0.4, -0.2) is 43.8 Å². The molecule has 0 saturated heterocycles. The first-order chi connectivity index (χ1) is 11.3. The van der Waals surface area contributed by atoms with Gasteiger partial charge in [-0.25, -0.2) is 0 Å². The molecule has 0 saturated carbocycles. The highest BCUT2D eigenvalue weighted by atomic mass is 16.5. The molecule has 118 valence electrons. The van der Waals surface area contributed by atoms with Gasteiger partial charge in [0, 0.05) is 12.8 Å². The number of amides is 1. The molecular weight excluding hydrogens is 302 g/mol. The molecular formula is C13H13N7O3. The van der Waals surface area contributed by atoms with Crippen LogP contribution in [0, 0.1) is 0 Å². The number of nitrogens with one attached hydrogen (secondary N) is 2. The van der Waals surface area contributed by atoms with Crippen LogP contribution in [0.2, 0.25) is 0 Å². The Morgan fingerprint density at radius 1 is 1.39 bits per heavy atom. The number of hydrogen-bond donors (Lipinski definition) is 2. The molecule has 0 bridgehead atoms. The normalized spacial score (nSPS) is 10.5. The van der Waals surface area contributed by atoms with Crippen molar-refractivity contribution in [3.63, 3.8) is 0 Å². The molecule has 0 spiro atoms. The fourth-order valence-corrected chi connectivity index (χ4v) is 1.92. The lowest BCUT2D eigenvalue weighted by molar-refractivity contribution is -0.116. The van der Waals surface area contributed by atoms with Gasteiger partial charge in [0.1, 0.15) is 5.75 Å². The topological polar surface area (TPSA) is 132 Å². The van der Waals surface area contributed by atoms with Crippen molar-refractivity contribution in [2.24, 2.45) is 0 Å². The van der Waals surface area contributed by atoms with Gasteiger partial charge in [-0.15, -0.1) is 5.10 Å². The first-order valence-corrected chi connectivity index (χ1v) is 6.75. The molecule has 1 amide bonds. The number of para-hydroxylation sites is 1. The van der Waals surface area contributed by atoms with Gasteiger partial charge in [-0.05, 0) is 17.3 Å². The molecule has 0 aliphatic heterocycles. The standard InChI is InChI=1S/C13H13N7O3/c1-22-9-5-3-2-4-8(9)12-15-11(23-18-12)7-6-10(21)14-13-16-19-20-17-13/h2-5H,6-7H2,1H3,(H2,14,16,17,19,20,21). The molecule has 1 aromatic carbocycles. The number of rotatable bonds is 6. The van der Waals surface area contributed by atoms with E-state index in [0.29, 0.717) is 23.9 Å². The van der Waals surface area contributed by atoms with Crippen molar-refractivity contribution >= 4 is 11.9 Å². The molecule has 0 aliphatic carbocycles. The van der Waals surface area contributed by atoms with Crippen molar-refractivity contribution in [3.8, 4) is 17.1 Å². The van der Waals surface area contributed by atoms with E-state index in [1.54, 1.807) is 7.11 Å². The molecule has 0 radical (unpaired) electrons. The Morgan fingerprint density at radius 2 is 2.26 bits per heavy atom. The van der Waals surface area contributed by atoms with Gasteiger partial charge in [0.05, 0.1) is 12.7 Å². The molecule has 3 aromatic rings. The zero-order valence-corrected chi connectivity index (χ0v) is 12.2. The molecule has 23 heavy (non-hydrogen) atoms. The van der Waals surface area contributed by atoms with Crippen LogP contribution in [0.3, 0.4) is 0 Å². The molecule has 0 atom stereocenters. The predicted molar refractivity (Wildman–Crippen MR) is 77.4 cm³/mol. The van der Waals surface area contributed by atoms with Crippen LogP contribution in [-0.2, 0) is 11.2 Å². The first-order valence-electron chi connectivity index (χ1n) is 6.75. The number of aryl methyl sites for hydroxylation is 1. The van der Waals surface area contributed by atoms with Gasteiger partial charge in [0.2, 0.25) is 17.6 Å². The minimum Gasteiger partial charge on any atom is -0.496 e. The summed E-state index contributed by atoms with van der Waals surface area (Å²) >= 11 is 0. The van der Waals surface area contributed by atoms with E-state index < -0.39 is 0 Å². The second kappa shape index (κ2) is 6.64. The van der Waals surface area contributed by atoms with E-state index in [-0.39, 0.29) is 18.3 Å². The van der Waals surface area contributed by atoms with Crippen LogP contribution >= 0.6 is 0 Å². The number of nitrogens with zero attached hydrogens (tertiary/aromatic N) is 5. The quantitative estimate of drug-likeness (QED) is 0.683. The minimum atomic E-state index is -0.275. The molecule has 0 unspecified atom stereocenters. The van der Waals surface area contributed by atoms with E-state index >= 15 is 0 Å². The molecule has 2 aromatic heterocycles. The van der Waals surface area contributed by atoms with Crippen LogP contribution in [0.25, 0.3) is 11.4 Å². The summed E-state index contributed by atoms with van der Waals surface area (Å²) in [7, 11) is 1.57. The fourth-order valence-electron chi connectivity index (χ4n) is 1.92. The number of aromatic amines is 1. The average Bonchev–Trinajstić information content (AvgIpc) is 3.24. The lowest BCUT2D eigenvalue weighted by atomic mass is 10.2. The SMILES string of the molecule is COc1ccccc1-c1noc(CCC(=O)Nc2nn[nH]n2)n1. The Morgan fingerprint density at radius 3 is 3.04 bits per heavy atom. The lowest BCUT2D eigenvalue weighted by Crippen LogP contribution is -2.13. The molecule has 0 fully saturated rings. The van der Waals surface area contributed by atoms with Crippen LogP contribution in [0.4, 0.5) is 5.95 Å². The maximum absolute atomic E-state index is 11.7. The van der Waals surface area contributed by atoms with Gasteiger partial charge >= 0.3 is 0 Å². The second-order valence-corrected chi connectivity index (χ2v) is 4.50. The van der Waals surface area contributed by atoms with Gasteiger partial charge in [0.25, 0.3) is 5.95 Å². The second-order valence-electron chi connectivity index (χ2n) is 4.50. The number of benzene rings is 1. The van der Waals surface area contributed by atoms with Gasteiger partial charge in [-0.2, -0.15) is 10.2 Å². The zero-order chi connectivity index (χ0) is 16.1. The summed E-state index contributed by atoms with van der Waals surface area (Å²) in [5.41, 5.74) is 0.723. The largest absolute Gasteiger partial charge is 0.496 e. The Labute approximate surface area is 130 Å². The average molecular weight is 315 g/mol. The maximum Gasteiger partial charge on any atom is 0.269 e. The predicted octanol–water partition coefficient (Wildman–Crippen LogP) is 0.830. The van der Waals surface area contributed by atoms with E-state index in [2.05, 4.69) is 36.1 Å². The van der Waals surface area contributed by atoms with Gasteiger partial charge < -0.3 is 9.26 Å². The molecule has 10 heteroatoms. The molecule has 3 rings (SSSR count). The highest BCUT2D eigenvalue weighted by Crippen LogP contribution is 2.27. The zero-order valence-electron chi connectivity index (χ0n) is 12.2.